The van der Waals surface area contributed by atoms with Gasteiger partial charge in [-0.25, -0.2) is 0 Å². The highest BCUT2D eigenvalue weighted by Gasteiger charge is 2.51. The number of carbonyl (C=O) groups is 7. The van der Waals surface area contributed by atoms with Gasteiger partial charge in [-0.2, -0.15) is 0 Å². The molecule has 2 fully saturated rings. The first-order valence-corrected chi connectivity index (χ1v) is 31.8. The van der Waals surface area contributed by atoms with Crippen LogP contribution in [0.5, 0.6) is 46.0 Å². The Kier molecular flexibility index (Phi) is 21.1. The fraction of sp³-hybridized carbons (Fsp3) is 0.456. The van der Waals surface area contributed by atoms with Crippen molar-refractivity contribution in [2.45, 2.75) is 165 Å². The number of hydrogen-bond donors (Lipinski definition) is 14. The van der Waals surface area contributed by atoms with E-state index in [1.807, 2.05) is 13.8 Å². The fourth-order valence-electron chi connectivity index (χ4n) is 13.0. The van der Waals surface area contributed by atoms with E-state index in [0.29, 0.717) is 6.42 Å². The first kappa shape index (κ1) is 70.5. The van der Waals surface area contributed by atoms with Crippen molar-refractivity contribution in [3.05, 3.63) is 118 Å². The summed E-state index contributed by atoms with van der Waals surface area (Å²) in [6, 6.07) is 13.7. The Morgan fingerprint density at radius 2 is 1.45 bits per heavy atom. The number of amides is 4. The van der Waals surface area contributed by atoms with Crippen molar-refractivity contribution < 1.29 is 108 Å². The number of carbonyl (C=O) groups excluding carboxylic acids is 7. The number of aliphatic hydroxyl groups is 6. The third kappa shape index (κ3) is 15.1. The average Bonchev–Trinajstić information content (AvgIpc) is 0.779. The van der Waals surface area contributed by atoms with Crippen LogP contribution in [0.3, 0.4) is 0 Å². The number of nitrogens with two attached hydrogens (primary N) is 2. The van der Waals surface area contributed by atoms with Crippen LogP contribution in [-0.4, -0.2) is 154 Å². The van der Waals surface area contributed by atoms with Gasteiger partial charge in [-0.3, -0.25) is 33.6 Å². The van der Waals surface area contributed by atoms with Gasteiger partial charge in [-0.1, -0.05) is 56.6 Å². The number of ketones is 3. The first-order valence-electron chi connectivity index (χ1n) is 31.4. The average molecular weight is 1350 g/mol. The van der Waals surface area contributed by atoms with Gasteiger partial charge >= 0.3 is 0 Å². The summed E-state index contributed by atoms with van der Waals surface area (Å²) in [5.41, 5.74) is 10.6. The molecule has 0 spiro atoms. The van der Waals surface area contributed by atoms with E-state index in [4.69, 9.17) is 51.5 Å². The molecule has 0 radical (unpaired) electrons. The largest absolute Gasteiger partial charge is 0.508 e. The number of nitrogens with one attached hydrogen (secondary N) is 3. The molecule has 5 aromatic carbocycles. The van der Waals surface area contributed by atoms with Crippen LogP contribution in [0, 0.1) is 23.7 Å². The summed E-state index contributed by atoms with van der Waals surface area (Å²) in [7, 11) is 0. The molecule has 7 aliphatic heterocycles. The molecule has 5 aromatic rings. The van der Waals surface area contributed by atoms with Gasteiger partial charge in [0, 0.05) is 73.2 Å². The third-order valence-corrected chi connectivity index (χ3v) is 18.5. The maximum Gasteiger partial charge on any atom is 0.230 e. The van der Waals surface area contributed by atoms with Crippen molar-refractivity contribution in [2.24, 2.45) is 35.1 Å². The molecule has 96 heavy (non-hydrogen) atoms. The van der Waals surface area contributed by atoms with Gasteiger partial charge in [0.15, 0.2) is 35.5 Å². The van der Waals surface area contributed by atoms with Crippen LogP contribution < -0.4 is 41.6 Å². The Balaban J connectivity index is 1.21. The van der Waals surface area contributed by atoms with Crippen LogP contribution in [0.1, 0.15) is 125 Å². The molecule has 0 aromatic heterocycles. The number of fused-ring (bicyclic) bond motifs is 15. The lowest BCUT2D eigenvalue weighted by atomic mass is 9.80. The Morgan fingerprint density at radius 1 is 0.760 bits per heavy atom. The van der Waals surface area contributed by atoms with Crippen LogP contribution >= 0.6 is 11.6 Å². The number of Topliss-reactive ketones (excluding diaryl/α,β-unsaturated/α-hetero) is 3. The molecule has 28 heteroatoms. The van der Waals surface area contributed by atoms with Crippen LogP contribution in [0.25, 0.3) is 11.1 Å². The zero-order valence-electron chi connectivity index (χ0n) is 52.9. The summed E-state index contributed by atoms with van der Waals surface area (Å²) >= 11 is 7.08. The molecule has 2 saturated heterocycles. The summed E-state index contributed by atoms with van der Waals surface area (Å²) in [5.74, 6) is -15.6. The molecular formula is C68H78ClN5O22. The number of benzene rings is 5. The predicted octanol–water partition coefficient (Wildman–Crippen LogP) is 3.94. The quantitative estimate of drug-likeness (QED) is 0.0890. The molecule has 16 N–H and O–H groups in total. The number of rotatable bonds is 11. The minimum absolute atomic E-state index is 0.00154. The molecule has 27 nitrogen and oxygen atoms in total. The van der Waals surface area contributed by atoms with Crippen molar-refractivity contribution in [3.63, 3.8) is 0 Å². The molecule has 7 heterocycles. The standard InChI is InChI=1S/C68H78ClN5O22/c1-28(2)14-29(3)64(88)74-56-46(80)18-35(21-52(70)82)65(89)73-55-34-19-49(61(50(20-34)93-48-13-9-33(58(56)84)17-42(48)69)96-67-62(60(86)59(85)51(27-75)94-67)95-53-25-68(5,71)63(87)30(4)91-53)92-38-10-6-31(7-11-38)57(83)41-24-44(78)39(23-47(55)81)32-8-12-43(77)40(16-32)54-36(26-72-66(41)90)15-37(76)22-45(54)79/h6-13,15-17,19-20,22,28-30,35,39,41,51,53,55-60,62-63,67,75-77,79,83-87H,14,18,21,23-27,71H2,1-5H3,(H2,70,82)(H,72,90)(H,73,89)(H,74,88)/t29-,30+,35+,39-,41+,51?,53?,55-,56+,57-,58-,59?,60+,62+,63-,67?,68?/m1/s1. The lowest BCUT2D eigenvalue weighted by molar-refractivity contribution is -0.333. The predicted molar refractivity (Wildman–Crippen MR) is 338 cm³/mol. The van der Waals surface area contributed by atoms with Gasteiger partial charge in [-0.15, -0.1) is 0 Å². The van der Waals surface area contributed by atoms with E-state index < -0.39 is 217 Å². The van der Waals surface area contributed by atoms with Crippen LogP contribution in [0.4, 0.5) is 0 Å². The number of primary amides is 1. The number of aliphatic hydroxyl groups excluding tert-OH is 6. The maximum atomic E-state index is 16.1. The third-order valence-electron chi connectivity index (χ3n) is 18.2. The smallest absolute Gasteiger partial charge is 0.230 e. The SMILES string of the molecule is CC(C)C[C@@H](C)C(=O)N[C@H]1C(=O)C[C@@H](CC(N)=O)C(=O)N[C@H]2C(=O)C[C@H]3C(=O)C[C@H](C(=O)NCc4cc(O)cc(O)c4-c4cc3ccc4O)[C@H](O)c3ccc(cc3)Oc3cc2cc(c3OC2OC(CO)C(O)[C@H](O)[C@@H]2OC2CC(C)(N)[C@H](O)[C@H](C)O2)Oc2ccc(cc2Cl)[C@H]1O. The lowest BCUT2D eigenvalue weighted by Crippen LogP contribution is -2.64. The Bertz CT molecular complexity index is 3810. The van der Waals surface area contributed by atoms with E-state index in [0.717, 1.165) is 6.07 Å². The highest BCUT2D eigenvalue weighted by Crippen LogP contribution is 2.49. The van der Waals surface area contributed by atoms with Gasteiger partial charge in [0.2, 0.25) is 35.7 Å². The second-order valence-corrected chi connectivity index (χ2v) is 26.4. The topological polar surface area (TPSA) is 445 Å². The lowest BCUT2D eigenvalue weighted by Gasteiger charge is -2.47. The molecule has 514 valence electrons. The normalized spacial score (nSPS) is 29.9. The summed E-state index contributed by atoms with van der Waals surface area (Å²) in [6.07, 6.45) is -19.5. The molecule has 0 aliphatic carbocycles. The van der Waals surface area contributed by atoms with Gasteiger partial charge in [0.05, 0.1) is 41.8 Å². The Morgan fingerprint density at radius 3 is 2.11 bits per heavy atom. The molecule has 12 rings (SSSR count). The maximum absolute atomic E-state index is 16.1. The van der Waals surface area contributed by atoms with Gasteiger partial charge in [0.1, 0.15) is 71.0 Å². The number of phenols is 3. The number of halogens is 1. The Hall–Kier alpha value is -8.32. The highest BCUT2D eigenvalue weighted by molar-refractivity contribution is 6.32. The van der Waals surface area contributed by atoms with Crippen LogP contribution in [0.15, 0.2) is 84.9 Å². The summed E-state index contributed by atoms with van der Waals surface area (Å²) in [4.78, 5) is 103. The van der Waals surface area contributed by atoms with Crippen molar-refractivity contribution in [2.75, 3.05) is 6.61 Å². The van der Waals surface area contributed by atoms with Crippen LogP contribution in [0.2, 0.25) is 5.02 Å². The van der Waals surface area contributed by atoms with E-state index in [1.54, 1.807) is 13.8 Å². The summed E-state index contributed by atoms with van der Waals surface area (Å²) < 4.78 is 38.6. The second kappa shape index (κ2) is 28.8. The molecule has 5 unspecified atom stereocenters. The van der Waals surface area contributed by atoms with Crippen molar-refractivity contribution in [3.8, 4) is 57.1 Å². The molecule has 4 amide bonds. The van der Waals surface area contributed by atoms with Gasteiger partial charge < -0.3 is 102 Å². The fourth-order valence-corrected chi connectivity index (χ4v) is 13.3. The number of ether oxygens (including phenoxy) is 6. The molecule has 7 aliphatic rings. The first-order chi connectivity index (χ1) is 45.4. The number of phenolic OH excluding ortho intramolecular Hbond substituents is 3. The summed E-state index contributed by atoms with van der Waals surface area (Å²) in [6.45, 7) is 7.11. The van der Waals surface area contributed by atoms with E-state index in [-0.39, 0.29) is 67.8 Å². The van der Waals surface area contributed by atoms with Crippen LogP contribution in [-0.2, 0) is 54.3 Å². The minimum atomic E-state index is -2.05. The van der Waals surface area contributed by atoms with Gasteiger partial charge in [-0.05, 0) is 109 Å². The van der Waals surface area contributed by atoms with E-state index in [2.05, 4.69) is 16.0 Å². The van der Waals surface area contributed by atoms with Crippen molar-refractivity contribution in [1.29, 1.82) is 0 Å². The molecule has 0 saturated carbocycles. The van der Waals surface area contributed by atoms with Crippen molar-refractivity contribution >= 4 is 52.6 Å². The Labute approximate surface area is 555 Å². The van der Waals surface area contributed by atoms with Crippen molar-refractivity contribution in [1.82, 2.24) is 16.0 Å². The molecular weight excluding hydrogens is 1270 g/mol. The number of aromatic hydroxyl groups is 3. The number of hydrogen-bond acceptors (Lipinski definition) is 23. The zero-order chi connectivity index (χ0) is 69.5. The van der Waals surface area contributed by atoms with E-state index in [9.17, 15) is 65.1 Å². The van der Waals surface area contributed by atoms with E-state index >= 15 is 14.4 Å². The monoisotopic (exact) mass is 1350 g/mol. The summed E-state index contributed by atoms with van der Waals surface area (Å²) in [5, 5.41) is 111. The second-order valence-electron chi connectivity index (χ2n) is 26.0. The van der Waals surface area contributed by atoms with Gasteiger partial charge in [0.25, 0.3) is 0 Å². The molecule has 11 bridgehead atoms. The zero-order valence-corrected chi connectivity index (χ0v) is 53.7. The highest BCUT2D eigenvalue weighted by atomic mass is 35.5. The molecule has 17 atom stereocenters. The minimum Gasteiger partial charge on any atom is -0.508 e. The van der Waals surface area contributed by atoms with E-state index in [1.165, 1.54) is 85.8 Å².